The van der Waals surface area contributed by atoms with Gasteiger partial charge in [0.05, 0.1) is 0 Å². The summed E-state index contributed by atoms with van der Waals surface area (Å²) in [5.41, 5.74) is 1.52. The van der Waals surface area contributed by atoms with Crippen LogP contribution in [-0.2, 0) is 13.0 Å². The van der Waals surface area contributed by atoms with E-state index in [-0.39, 0.29) is 0 Å². The molecule has 3 heteroatoms. The minimum Gasteiger partial charge on any atom is -0.301 e. The predicted octanol–water partition coefficient (Wildman–Crippen LogP) is 3.54. The number of hydrogen-bond donors (Lipinski definition) is 0. The first-order valence-corrected chi connectivity index (χ1v) is 6.32. The molecular formula is C12H12ClNS. The molecule has 2 aromatic rings. The van der Waals surface area contributed by atoms with Gasteiger partial charge in [0.1, 0.15) is 0 Å². The Morgan fingerprint density at radius 2 is 2.27 bits per heavy atom. The lowest BCUT2D eigenvalue weighted by molar-refractivity contribution is 0.318. The third kappa shape index (κ3) is 1.57. The monoisotopic (exact) mass is 237 g/mol. The Morgan fingerprint density at radius 3 is 3.13 bits per heavy atom. The first-order chi connectivity index (χ1) is 7.24. The Morgan fingerprint density at radius 1 is 1.40 bits per heavy atom. The van der Waals surface area contributed by atoms with Crippen molar-refractivity contribution in [2.45, 2.75) is 13.0 Å². The number of benzene rings is 1. The van der Waals surface area contributed by atoms with Gasteiger partial charge in [-0.1, -0.05) is 11.6 Å². The third-order valence-corrected chi connectivity index (χ3v) is 4.43. The highest BCUT2D eigenvalue weighted by molar-refractivity contribution is 7.19. The molecule has 0 atom stereocenters. The first kappa shape index (κ1) is 9.64. The van der Waals surface area contributed by atoms with E-state index in [0.29, 0.717) is 0 Å². The molecule has 0 amide bonds. The van der Waals surface area contributed by atoms with Crippen molar-refractivity contribution in [3.05, 3.63) is 33.7 Å². The van der Waals surface area contributed by atoms with E-state index in [0.717, 1.165) is 24.5 Å². The number of halogens is 1. The van der Waals surface area contributed by atoms with Gasteiger partial charge in [0.15, 0.2) is 0 Å². The van der Waals surface area contributed by atoms with Crippen LogP contribution in [0.5, 0.6) is 0 Å². The topological polar surface area (TPSA) is 3.24 Å². The van der Waals surface area contributed by atoms with Crippen LogP contribution in [0.15, 0.2) is 18.2 Å². The van der Waals surface area contributed by atoms with E-state index >= 15 is 0 Å². The van der Waals surface area contributed by atoms with Gasteiger partial charge < -0.3 is 4.90 Å². The van der Waals surface area contributed by atoms with Crippen LogP contribution in [0.4, 0.5) is 0 Å². The molecule has 1 aromatic heterocycles. The van der Waals surface area contributed by atoms with Crippen molar-refractivity contribution in [1.29, 1.82) is 0 Å². The molecule has 15 heavy (non-hydrogen) atoms. The molecule has 0 bridgehead atoms. The van der Waals surface area contributed by atoms with Crippen molar-refractivity contribution in [2.75, 3.05) is 13.6 Å². The van der Waals surface area contributed by atoms with Crippen LogP contribution >= 0.6 is 22.9 Å². The summed E-state index contributed by atoms with van der Waals surface area (Å²) in [4.78, 5) is 3.89. The van der Waals surface area contributed by atoms with Crippen molar-refractivity contribution in [2.24, 2.45) is 0 Å². The number of hydrogen-bond acceptors (Lipinski definition) is 2. The summed E-state index contributed by atoms with van der Waals surface area (Å²) in [6.07, 6.45) is 1.16. The Kier molecular flexibility index (Phi) is 2.23. The highest BCUT2D eigenvalue weighted by Crippen LogP contribution is 2.36. The van der Waals surface area contributed by atoms with Crippen molar-refractivity contribution >= 4 is 33.0 Å². The van der Waals surface area contributed by atoms with Gasteiger partial charge >= 0.3 is 0 Å². The molecule has 1 aliphatic rings. The van der Waals surface area contributed by atoms with E-state index in [4.69, 9.17) is 11.6 Å². The maximum atomic E-state index is 6.04. The van der Waals surface area contributed by atoms with Crippen LogP contribution in [0.2, 0.25) is 5.02 Å². The minimum atomic E-state index is 0.849. The first-order valence-electron chi connectivity index (χ1n) is 5.12. The summed E-state index contributed by atoms with van der Waals surface area (Å²) < 4.78 is 1.37. The second kappa shape index (κ2) is 3.48. The second-order valence-corrected chi connectivity index (χ2v) is 5.71. The quantitative estimate of drug-likeness (QED) is 0.678. The van der Waals surface area contributed by atoms with Gasteiger partial charge in [-0.3, -0.25) is 0 Å². The zero-order valence-electron chi connectivity index (χ0n) is 8.59. The van der Waals surface area contributed by atoms with Crippen LogP contribution < -0.4 is 0 Å². The fourth-order valence-electron chi connectivity index (χ4n) is 2.20. The maximum absolute atomic E-state index is 6.04. The maximum Gasteiger partial charge on any atom is 0.0413 e. The number of thiophene rings is 1. The smallest absolute Gasteiger partial charge is 0.0413 e. The van der Waals surface area contributed by atoms with E-state index in [9.17, 15) is 0 Å². The Labute approximate surface area is 98.3 Å². The average Bonchev–Trinajstić information content (AvgIpc) is 2.54. The molecule has 0 radical (unpaired) electrons. The molecule has 0 fully saturated rings. The lowest BCUT2D eigenvalue weighted by Gasteiger charge is -2.22. The molecule has 0 N–H and O–H groups in total. The van der Waals surface area contributed by atoms with Crippen molar-refractivity contribution in [1.82, 2.24) is 4.90 Å². The van der Waals surface area contributed by atoms with Crippen LogP contribution in [0.3, 0.4) is 0 Å². The number of nitrogens with zero attached hydrogens (tertiary/aromatic N) is 1. The summed E-state index contributed by atoms with van der Waals surface area (Å²) in [6, 6.07) is 6.23. The SMILES string of the molecule is CN1CCc2c(sc3ccc(Cl)cc23)C1. The van der Waals surface area contributed by atoms with E-state index in [1.165, 1.54) is 20.5 Å². The van der Waals surface area contributed by atoms with Crippen molar-refractivity contribution in [3.8, 4) is 0 Å². The van der Waals surface area contributed by atoms with Crippen LogP contribution in [-0.4, -0.2) is 18.5 Å². The Hall–Kier alpha value is -0.570. The molecule has 1 aromatic carbocycles. The van der Waals surface area contributed by atoms with E-state index in [1.807, 2.05) is 17.4 Å². The number of likely N-dealkylation sites (N-methyl/N-ethyl adjacent to an activating group) is 1. The molecule has 0 spiro atoms. The van der Waals surface area contributed by atoms with Crippen LogP contribution in [0.1, 0.15) is 10.4 Å². The fraction of sp³-hybridized carbons (Fsp3) is 0.333. The summed E-state index contributed by atoms with van der Waals surface area (Å²) in [6.45, 7) is 2.25. The Bertz CT molecular complexity index is 518. The lowest BCUT2D eigenvalue weighted by atomic mass is 10.0. The molecule has 2 heterocycles. The average molecular weight is 238 g/mol. The zero-order chi connectivity index (χ0) is 10.4. The third-order valence-electron chi connectivity index (χ3n) is 2.99. The summed E-state index contributed by atoms with van der Waals surface area (Å²) in [5.74, 6) is 0. The molecular weight excluding hydrogens is 226 g/mol. The van der Waals surface area contributed by atoms with Gasteiger partial charge in [-0.15, -0.1) is 11.3 Å². The van der Waals surface area contributed by atoms with Crippen LogP contribution in [0.25, 0.3) is 10.1 Å². The summed E-state index contributed by atoms with van der Waals surface area (Å²) >= 11 is 7.95. The largest absolute Gasteiger partial charge is 0.301 e. The van der Waals surface area contributed by atoms with Crippen LogP contribution in [0, 0.1) is 0 Å². The molecule has 3 rings (SSSR count). The van der Waals surface area contributed by atoms with E-state index < -0.39 is 0 Å². The summed E-state index contributed by atoms with van der Waals surface area (Å²) in [7, 11) is 2.18. The zero-order valence-corrected chi connectivity index (χ0v) is 10.2. The number of fused-ring (bicyclic) bond motifs is 3. The standard InChI is InChI=1S/C12H12ClNS/c1-14-5-4-9-10-6-8(13)2-3-11(10)15-12(9)7-14/h2-3,6H,4-5,7H2,1H3. The predicted molar refractivity (Wildman–Crippen MR) is 66.9 cm³/mol. The van der Waals surface area contributed by atoms with Gasteiger partial charge in [0.25, 0.3) is 0 Å². The minimum absolute atomic E-state index is 0.849. The molecule has 78 valence electrons. The van der Waals surface area contributed by atoms with Crippen molar-refractivity contribution < 1.29 is 0 Å². The molecule has 0 aliphatic carbocycles. The fourth-order valence-corrected chi connectivity index (χ4v) is 3.69. The van der Waals surface area contributed by atoms with Crippen molar-refractivity contribution in [3.63, 3.8) is 0 Å². The van der Waals surface area contributed by atoms with Gasteiger partial charge in [0, 0.05) is 27.7 Å². The van der Waals surface area contributed by atoms with E-state index in [1.54, 1.807) is 0 Å². The second-order valence-electron chi connectivity index (χ2n) is 4.13. The molecule has 0 unspecified atom stereocenters. The van der Waals surface area contributed by atoms with E-state index in [2.05, 4.69) is 24.1 Å². The molecule has 1 aliphatic heterocycles. The highest BCUT2D eigenvalue weighted by Gasteiger charge is 2.18. The lowest BCUT2D eigenvalue weighted by Crippen LogP contribution is -2.25. The molecule has 0 saturated heterocycles. The summed E-state index contributed by atoms with van der Waals surface area (Å²) in [5, 5.41) is 2.22. The highest BCUT2D eigenvalue weighted by atomic mass is 35.5. The van der Waals surface area contributed by atoms with Gasteiger partial charge in [-0.2, -0.15) is 0 Å². The normalized spacial score (nSPS) is 16.9. The number of rotatable bonds is 0. The molecule has 1 nitrogen and oxygen atoms in total. The van der Waals surface area contributed by atoms with Gasteiger partial charge in [-0.25, -0.2) is 0 Å². The van der Waals surface area contributed by atoms with Gasteiger partial charge in [-0.05, 0) is 42.6 Å². The Balaban J connectivity index is 2.24. The van der Waals surface area contributed by atoms with Gasteiger partial charge in [0.2, 0.25) is 0 Å². The molecule has 0 saturated carbocycles.